The van der Waals surface area contributed by atoms with Gasteiger partial charge in [-0.3, -0.25) is 9.88 Å². The molecule has 114 valence electrons. The lowest BCUT2D eigenvalue weighted by atomic mass is 10.0. The van der Waals surface area contributed by atoms with Gasteiger partial charge in [-0.2, -0.15) is 0 Å². The summed E-state index contributed by atoms with van der Waals surface area (Å²) >= 11 is 5.58. The van der Waals surface area contributed by atoms with Crippen molar-refractivity contribution in [2.75, 3.05) is 46.3 Å². The van der Waals surface area contributed by atoms with E-state index < -0.39 is 0 Å². The molecule has 0 radical (unpaired) electrons. The van der Waals surface area contributed by atoms with Gasteiger partial charge in [0.2, 0.25) is 0 Å². The lowest BCUT2D eigenvalue weighted by molar-refractivity contribution is 0.152. The lowest BCUT2D eigenvalue weighted by Gasteiger charge is -2.34. The third kappa shape index (κ3) is 4.88. The van der Waals surface area contributed by atoms with Crippen LogP contribution in [-0.4, -0.2) is 66.1 Å². The molecule has 1 aromatic heterocycles. The normalized spacial score (nSPS) is 18.1. The third-order valence-corrected chi connectivity index (χ3v) is 4.25. The second-order valence-corrected chi connectivity index (χ2v) is 5.88. The topological polar surface area (TPSA) is 31.4 Å². The molecule has 4 nitrogen and oxygen atoms in total. The molecule has 21 heavy (non-hydrogen) atoms. The molecule has 1 aliphatic heterocycles. The number of hydrogen-bond acceptors (Lipinski definition) is 4. The predicted molar refractivity (Wildman–Crippen MR) is 91.7 cm³/mol. The van der Waals surface area contributed by atoms with E-state index in [1.54, 1.807) is 0 Å². The molecule has 1 aliphatic rings. The van der Waals surface area contributed by atoms with E-state index in [0.29, 0.717) is 6.54 Å². The first-order valence-electron chi connectivity index (χ1n) is 7.41. The molecule has 0 bridgehead atoms. The van der Waals surface area contributed by atoms with Gasteiger partial charge in [0.15, 0.2) is 0 Å². The number of piperazine rings is 1. The maximum Gasteiger partial charge on any atom is 0.0860 e. The Bertz CT molecular complexity index is 455. The average Bonchev–Trinajstić information content (AvgIpc) is 2.53. The van der Waals surface area contributed by atoms with E-state index in [9.17, 15) is 0 Å². The SMILES string of the molecule is C=CCNC(=S)C(CN1CCN(C)CC1)c1ccccn1. The molecular weight excluding hydrogens is 280 g/mol. The van der Waals surface area contributed by atoms with Gasteiger partial charge in [0, 0.05) is 45.5 Å². The van der Waals surface area contributed by atoms with Crippen LogP contribution in [0.15, 0.2) is 37.1 Å². The molecule has 1 atom stereocenters. The van der Waals surface area contributed by atoms with Gasteiger partial charge >= 0.3 is 0 Å². The van der Waals surface area contributed by atoms with Crippen LogP contribution in [0.2, 0.25) is 0 Å². The minimum atomic E-state index is 0.143. The number of thiocarbonyl (C=S) groups is 1. The maximum atomic E-state index is 5.58. The van der Waals surface area contributed by atoms with Gasteiger partial charge in [-0.05, 0) is 19.2 Å². The van der Waals surface area contributed by atoms with Crippen molar-refractivity contribution in [3.05, 3.63) is 42.7 Å². The molecule has 2 rings (SSSR count). The van der Waals surface area contributed by atoms with Gasteiger partial charge in [-0.25, -0.2) is 0 Å². The number of nitrogens with one attached hydrogen (secondary N) is 1. The number of rotatable bonds is 6. The molecule has 0 spiro atoms. The zero-order valence-electron chi connectivity index (χ0n) is 12.7. The minimum Gasteiger partial charge on any atom is -0.376 e. The number of likely N-dealkylation sites (N-methyl/N-ethyl adjacent to an activating group) is 1. The van der Waals surface area contributed by atoms with Crippen LogP contribution >= 0.6 is 12.2 Å². The summed E-state index contributed by atoms with van der Waals surface area (Å²) in [6.45, 7) is 9.76. The van der Waals surface area contributed by atoms with Crippen molar-refractivity contribution < 1.29 is 0 Å². The van der Waals surface area contributed by atoms with E-state index >= 15 is 0 Å². The highest BCUT2D eigenvalue weighted by Crippen LogP contribution is 2.17. The van der Waals surface area contributed by atoms with Crippen molar-refractivity contribution in [1.29, 1.82) is 0 Å². The van der Waals surface area contributed by atoms with Gasteiger partial charge in [0.25, 0.3) is 0 Å². The van der Waals surface area contributed by atoms with Crippen molar-refractivity contribution in [2.45, 2.75) is 5.92 Å². The van der Waals surface area contributed by atoms with Crippen LogP contribution in [0.4, 0.5) is 0 Å². The molecule has 0 amide bonds. The van der Waals surface area contributed by atoms with Crippen LogP contribution in [0, 0.1) is 0 Å². The fraction of sp³-hybridized carbons (Fsp3) is 0.500. The first-order chi connectivity index (χ1) is 10.2. The Hall–Kier alpha value is -1.30. The Morgan fingerprint density at radius 2 is 2.19 bits per heavy atom. The van der Waals surface area contributed by atoms with Crippen molar-refractivity contribution >= 4 is 17.2 Å². The minimum absolute atomic E-state index is 0.143. The van der Waals surface area contributed by atoms with Crippen LogP contribution in [0.25, 0.3) is 0 Å². The van der Waals surface area contributed by atoms with E-state index in [0.717, 1.165) is 43.4 Å². The largest absolute Gasteiger partial charge is 0.376 e. The summed E-state index contributed by atoms with van der Waals surface area (Å²) < 4.78 is 0. The first kappa shape index (κ1) is 16.1. The molecule has 1 N–H and O–H groups in total. The maximum absolute atomic E-state index is 5.58. The van der Waals surface area contributed by atoms with Gasteiger partial charge in [0.05, 0.1) is 16.6 Å². The van der Waals surface area contributed by atoms with E-state index in [-0.39, 0.29) is 5.92 Å². The summed E-state index contributed by atoms with van der Waals surface area (Å²) in [5.41, 5.74) is 1.04. The number of hydrogen-bond donors (Lipinski definition) is 1. The van der Waals surface area contributed by atoms with Crippen molar-refractivity contribution in [1.82, 2.24) is 20.1 Å². The summed E-state index contributed by atoms with van der Waals surface area (Å²) in [5, 5.41) is 3.27. The summed E-state index contributed by atoms with van der Waals surface area (Å²) in [6.07, 6.45) is 3.67. The number of aromatic nitrogens is 1. The molecular formula is C16H24N4S. The van der Waals surface area contributed by atoms with Crippen molar-refractivity contribution in [3.8, 4) is 0 Å². The smallest absolute Gasteiger partial charge is 0.0860 e. The predicted octanol–water partition coefficient (Wildman–Crippen LogP) is 1.52. The average molecular weight is 304 g/mol. The van der Waals surface area contributed by atoms with Crippen LogP contribution < -0.4 is 5.32 Å². The zero-order chi connectivity index (χ0) is 15.1. The van der Waals surface area contributed by atoms with Gasteiger partial charge in [-0.1, -0.05) is 24.4 Å². The quantitative estimate of drug-likeness (QED) is 0.636. The molecule has 5 heteroatoms. The molecule has 1 aromatic rings. The van der Waals surface area contributed by atoms with Gasteiger partial charge < -0.3 is 10.2 Å². The Labute approximate surface area is 132 Å². The van der Waals surface area contributed by atoms with Crippen molar-refractivity contribution in [2.24, 2.45) is 0 Å². The second kappa shape index (κ2) is 8.22. The molecule has 1 saturated heterocycles. The molecule has 0 saturated carbocycles. The van der Waals surface area contributed by atoms with E-state index in [1.807, 2.05) is 24.4 Å². The summed E-state index contributed by atoms with van der Waals surface area (Å²) in [4.78, 5) is 10.2. The summed E-state index contributed by atoms with van der Waals surface area (Å²) in [7, 11) is 2.17. The molecule has 0 aliphatic carbocycles. The molecule has 2 heterocycles. The second-order valence-electron chi connectivity index (χ2n) is 5.44. The highest BCUT2D eigenvalue weighted by Gasteiger charge is 2.23. The van der Waals surface area contributed by atoms with E-state index in [1.165, 1.54) is 0 Å². The van der Waals surface area contributed by atoms with Crippen LogP contribution in [0.3, 0.4) is 0 Å². The Morgan fingerprint density at radius 3 is 2.81 bits per heavy atom. The van der Waals surface area contributed by atoms with Gasteiger partial charge in [0.1, 0.15) is 0 Å². The highest BCUT2D eigenvalue weighted by atomic mass is 32.1. The van der Waals surface area contributed by atoms with E-state index in [4.69, 9.17) is 12.2 Å². The monoisotopic (exact) mass is 304 g/mol. The van der Waals surface area contributed by atoms with Crippen LogP contribution in [0.1, 0.15) is 11.6 Å². The first-order valence-corrected chi connectivity index (χ1v) is 7.82. The number of nitrogens with zero attached hydrogens (tertiary/aromatic N) is 3. The Balaban J connectivity index is 2.05. The lowest BCUT2D eigenvalue weighted by Crippen LogP contribution is -2.47. The number of pyridine rings is 1. The fourth-order valence-corrected chi connectivity index (χ4v) is 2.76. The summed E-state index contributed by atoms with van der Waals surface area (Å²) in [5.74, 6) is 0.143. The standard InChI is InChI=1S/C16H24N4S/c1-3-7-18-16(21)14(15-6-4-5-8-17-15)13-20-11-9-19(2)10-12-20/h3-6,8,14H,1,7,9-13H2,2H3,(H,18,21). The summed E-state index contributed by atoms with van der Waals surface area (Å²) in [6, 6.07) is 6.02. The molecule has 1 fully saturated rings. The van der Waals surface area contributed by atoms with Crippen LogP contribution in [-0.2, 0) is 0 Å². The van der Waals surface area contributed by atoms with Crippen LogP contribution in [0.5, 0.6) is 0 Å². The molecule has 1 unspecified atom stereocenters. The van der Waals surface area contributed by atoms with Gasteiger partial charge in [-0.15, -0.1) is 6.58 Å². The zero-order valence-corrected chi connectivity index (χ0v) is 13.5. The third-order valence-electron chi connectivity index (χ3n) is 3.82. The Kier molecular flexibility index (Phi) is 6.29. The molecule has 0 aromatic carbocycles. The Morgan fingerprint density at radius 1 is 1.43 bits per heavy atom. The fourth-order valence-electron chi connectivity index (χ4n) is 2.48. The van der Waals surface area contributed by atoms with E-state index in [2.05, 4.69) is 39.8 Å². The highest BCUT2D eigenvalue weighted by molar-refractivity contribution is 7.80. The van der Waals surface area contributed by atoms with Crippen molar-refractivity contribution in [3.63, 3.8) is 0 Å².